The molecule has 0 aromatic carbocycles. The van der Waals surface area contributed by atoms with Crippen LogP contribution < -0.4 is 5.32 Å². The summed E-state index contributed by atoms with van der Waals surface area (Å²) in [4.78, 5) is 19.3. The molecule has 1 atom stereocenters. The monoisotopic (exact) mass is 398 g/mol. The van der Waals surface area contributed by atoms with Crippen LogP contribution in [0.1, 0.15) is 28.3 Å². The molecule has 0 spiro atoms. The van der Waals surface area contributed by atoms with Gasteiger partial charge in [-0.1, -0.05) is 6.07 Å². The first-order valence-electron chi connectivity index (χ1n) is 8.87. The minimum atomic E-state index is -4.51. The van der Waals surface area contributed by atoms with E-state index in [0.29, 0.717) is 6.42 Å². The lowest BCUT2D eigenvalue weighted by Gasteiger charge is -2.21. The summed E-state index contributed by atoms with van der Waals surface area (Å²) in [5, 5.41) is 3.36. The molecule has 29 heavy (non-hydrogen) atoms. The number of nitrogens with zero attached hydrogens (tertiary/aromatic N) is 4. The molecule has 1 unspecified atom stereocenters. The summed E-state index contributed by atoms with van der Waals surface area (Å²) in [6, 6.07) is 2.91. The first-order valence-corrected chi connectivity index (χ1v) is 8.87. The summed E-state index contributed by atoms with van der Waals surface area (Å²) in [7, 11) is 0. The van der Waals surface area contributed by atoms with Gasteiger partial charge < -0.3 is 10.3 Å². The number of alkyl halides is 3. The van der Waals surface area contributed by atoms with Crippen molar-refractivity contribution in [2.75, 3.05) is 5.32 Å². The fourth-order valence-electron chi connectivity index (χ4n) is 3.08. The number of aryl methyl sites for hydroxylation is 1. The zero-order valence-electron chi connectivity index (χ0n) is 15.4. The molecule has 0 radical (unpaired) electrons. The second kappa shape index (κ2) is 7.50. The van der Waals surface area contributed by atoms with Crippen LogP contribution in [-0.2, 0) is 6.42 Å². The van der Waals surface area contributed by atoms with Crippen molar-refractivity contribution in [1.82, 2.24) is 24.9 Å². The fourth-order valence-corrected chi connectivity index (χ4v) is 3.08. The Morgan fingerprint density at radius 1 is 1.10 bits per heavy atom. The van der Waals surface area contributed by atoms with E-state index in [9.17, 15) is 13.2 Å². The topological polar surface area (TPSA) is 79.4 Å². The van der Waals surface area contributed by atoms with Crippen molar-refractivity contribution in [2.45, 2.75) is 25.6 Å². The van der Waals surface area contributed by atoms with Crippen molar-refractivity contribution >= 4 is 17.0 Å². The molecule has 0 fully saturated rings. The Hall–Kier alpha value is -3.49. The predicted octanol–water partition coefficient (Wildman–Crippen LogP) is 4.36. The number of fused-ring (bicyclic) bond motifs is 1. The van der Waals surface area contributed by atoms with Gasteiger partial charge in [-0.05, 0) is 35.7 Å². The maximum Gasteiger partial charge on any atom is 0.412 e. The van der Waals surface area contributed by atoms with Gasteiger partial charge in [0.25, 0.3) is 0 Å². The van der Waals surface area contributed by atoms with Crippen LogP contribution in [0.3, 0.4) is 0 Å². The van der Waals surface area contributed by atoms with Crippen LogP contribution in [0, 0.1) is 6.92 Å². The number of anilines is 1. The summed E-state index contributed by atoms with van der Waals surface area (Å²) >= 11 is 0. The Bertz CT molecular complexity index is 1110. The lowest BCUT2D eigenvalue weighted by Crippen LogP contribution is -2.28. The van der Waals surface area contributed by atoms with E-state index in [0.717, 1.165) is 27.7 Å². The van der Waals surface area contributed by atoms with Gasteiger partial charge in [-0.3, -0.25) is 4.98 Å². The highest BCUT2D eigenvalue weighted by Gasteiger charge is 2.41. The summed E-state index contributed by atoms with van der Waals surface area (Å²) < 4.78 is 40.3. The quantitative estimate of drug-likeness (QED) is 0.522. The van der Waals surface area contributed by atoms with E-state index in [2.05, 4.69) is 30.2 Å². The molecule has 0 bridgehead atoms. The summed E-state index contributed by atoms with van der Waals surface area (Å²) in [6.45, 7) is 1.96. The third kappa shape index (κ3) is 4.18. The van der Waals surface area contributed by atoms with E-state index in [1.54, 1.807) is 6.20 Å². The Morgan fingerprint density at radius 3 is 2.59 bits per heavy atom. The third-order valence-corrected chi connectivity index (χ3v) is 4.47. The molecule has 4 heterocycles. The van der Waals surface area contributed by atoms with Crippen molar-refractivity contribution in [3.05, 3.63) is 77.6 Å². The van der Waals surface area contributed by atoms with Crippen LogP contribution in [0.15, 0.2) is 55.4 Å². The molecule has 0 amide bonds. The van der Waals surface area contributed by atoms with E-state index in [1.165, 1.54) is 36.9 Å². The highest BCUT2D eigenvalue weighted by atomic mass is 19.4. The lowest BCUT2D eigenvalue weighted by molar-refractivity contribution is -0.144. The Morgan fingerprint density at radius 2 is 1.90 bits per heavy atom. The molecule has 2 N–H and O–H groups in total. The maximum absolute atomic E-state index is 13.4. The van der Waals surface area contributed by atoms with Crippen molar-refractivity contribution in [3.63, 3.8) is 0 Å². The molecule has 4 rings (SSSR count). The Kier molecular flexibility index (Phi) is 4.87. The number of H-pyrrole nitrogens is 1. The Balaban J connectivity index is 1.53. The van der Waals surface area contributed by atoms with Crippen LogP contribution in [0.2, 0.25) is 0 Å². The molecule has 0 aliphatic rings. The lowest BCUT2D eigenvalue weighted by atomic mass is 10.1. The fraction of sp³-hybridized carbons (Fsp3) is 0.200. The van der Waals surface area contributed by atoms with E-state index < -0.39 is 12.2 Å². The summed E-state index contributed by atoms with van der Waals surface area (Å²) in [6.07, 6.45) is 5.31. The maximum atomic E-state index is 13.4. The first kappa shape index (κ1) is 18.9. The Labute approximate surface area is 164 Å². The van der Waals surface area contributed by atoms with Gasteiger partial charge in [0.2, 0.25) is 5.95 Å². The first-order chi connectivity index (χ1) is 13.9. The van der Waals surface area contributed by atoms with Gasteiger partial charge in [0.1, 0.15) is 5.65 Å². The zero-order valence-corrected chi connectivity index (χ0v) is 15.4. The molecule has 0 saturated carbocycles. The number of halogens is 3. The molecule has 0 aliphatic heterocycles. The number of nitrogens with one attached hydrogen (secondary N) is 2. The largest absolute Gasteiger partial charge is 0.412 e. The van der Waals surface area contributed by atoms with Gasteiger partial charge in [0, 0.05) is 54.6 Å². The van der Waals surface area contributed by atoms with E-state index >= 15 is 0 Å². The summed E-state index contributed by atoms with van der Waals surface area (Å²) in [5.74, 6) is -0.101. The van der Waals surface area contributed by atoms with Crippen molar-refractivity contribution in [2.24, 2.45) is 0 Å². The standard InChI is InChI=1S/C20H17F3N6/c1-12-5-16-15(11-26-18(16)25-7-12)6-13-8-27-19(28-9-13)29-17(20(21,22)23)14-3-2-4-24-10-14/h2-5,7-11,17H,6H2,1H3,(H,25,26)(H,27,28,29). The van der Waals surface area contributed by atoms with Crippen molar-refractivity contribution in [3.8, 4) is 0 Å². The van der Waals surface area contributed by atoms with Gasteiger partial charge >= 0.3 is 6.18 Å². The van der Waals surface area contributed by atoms with Gasteiger partial charge in [0.05, 0.1) is 0 Å². The molecule has 4 aromatic heterocycles. The van der Waals surface area contributed by atoms with E-state index in [-0.39, 0.29) is 11.5 Å². The average molecular weight is 398 g/mol. The van der Waals surface area contributed by atoms with Crippen LogP contribution >= 0.6 is 0 Å². The van der Waals surface area contributed by atoms with Gasteiger partial charge in [-0.2, -0.15) is 13.2 Å². The van der Waals surface area contributed by atoms with Gasteiger partial charge in [0.15, 0.2) is 6.04 Å². The highest BCUT2D eigenvalue weighted by molar-refractivity contribution is 5.80. The number of hydrogen-bond acceptors (Lipinski definition) is 5. The second-order valence-corrected chi connectivity index (χ2v) is 6.72. The highest BCUT2D eigenvalue weighted by Crippen LogP contribution is 2.34. The normalized spacial score (nSPS) is 12.8. The SMILES string of the molecule is Cc1cnc2[nH]cc(Cc3cnc(NC(c4cccnc4)C(F)(F)F)nc3)c2c1. The van der Waals surface area contributed by atoms with Crippen LogP contribution in [0.4, 0.5) is 19.1 Å². The van der Waals surface area contributed by atoms with Crippen LogP contribution in [-0.4, -0.2) is 31.1 Å². The van der Waals surface area contributed by atoms with Crippen molar-refractivity contribution in [1.29, 1.82) is 0 Å². The third-order valence-electron chi connectivity index (χ3n) is 4.47. The average Bonchev–Trinajstić information content (AvgIpc) is 3.09. The molecular formula is C20H17F3N6. The summed E-state index contributed by atoms with van der Waals surface area (Å²) in [5.41, 5.74) is 3.62. The molecule has 4 aromatic rings. The number of aromatic nitrogens is 5. The van der Waals surface area contributed by atoms with E-state index in [1.807, 2.05) is 19.2 Å². The van der Waals surface area contributed by atoms with Gasteiger partial charge in [-0.25, -0.2) is 15.0 Å². The number of rotatable bonds is 5. The number of pyridine rings is 2. The van der Waals surface area contributed by atoms with E-state index in [4.69, 9.17) is 0 Å². The zero-order chi connectivity index (χ0) is 20.4. The molecule has 9 heteroatoms. The molecular weight excluding hydrogens is 381 g/mol. The number of aromatic amines is 1. The minimum absolute atomic E-state index is 0.00524. The smallest absolute Gasteiger partial charge is 0.346 e. The minimum Gasteiger partial charge on any atom is -0.346 e. The number of hydrogen-bond donors (Lipinski definition) is 2. The molecule has 0 saturated heterocycles. The molecule has 0 aliphatic carbocycles. The second-order valence-electron chi connectivity index (χ2n) is 6.72. The van der Waals surface area contributed by atoms with Gasteiger partial charge in [-0.15, -0.1) is 0 Å². The predicted molar refractivity (Wildman–Crippen MR) is 102 cm³/mol. The van der Waals surface area contributed by atoms with Crippen LogP contribution in [0.25, 0.3) is 11.0 Å². The van der Waals surface area contributed by atoms with Crippen LogP contribution in [0.5, 0.6) is 0 Å². The molecule has 6 nitrogen and oxygen atoms in total. The molecule has 148 valence electrons. The van der Waals surface area contributed by atoms with Crippen molar-refractivity contribution < 1.29 is 13.2 Å².